The summed E-state index contributed by atoms with van der Waals surface area (Å²) in [6.07, 6.45) is 1.43. The van der Waals surface area contributed by atoms with Crippen LogP contribution in [-0.2, 0) is 18.0 Å². The lowest BCUT2D eigenvalue weighted by Crippen LogP contribution is -2.13. The first kappa shape index (κ1) is 31.1. The number of amides is 1. The van der Waals surface area contributed by atoms with Gasteiger partial charge in [0.1, 0.15) is 30.6 Å². The summed E-state index contributed by atoms with van der Waals surface area (Å²) in [7, 11) is 0. The number of anilines is 1. The first-order chi connectivity index (χ1) is 20.2. The number of carbonyl (C=O) groups is 1. The van der Waals surface area contributed by atoms with E-state index in [1.807, 2.05) is 25.1 Å². The molecule has 0 saturated heterocycles. The molecule has 0 bridgehead atoms. The van der Waals surface area contributed by atoms with E-state index in [1.54, 1.807) is 66.7 Å². The zero-order chi connectivity index (χ0) is 30.1. The summed E-state index contributed by atoms with van der Waals surface area (Å²) in [5.74, 6) is 0.728. The van der Waals surface area contributed by atoms with E-state index in [2.05, 4.69) is 5.32 Å². The average Bonchev–Trinajstić information content (AvgIpc) is 2.98. The predicted molar refractivity (Wildman–Crippen MR) is 168 cm³/mol. The van der Waals surface area contributed by atoms with Gasteiger partial charge in [0, 0.05) is 10.7 Å². The van der Waals surface area contributed by atoms with E-state index in [4.69, 9.17) is 60.6 Å². The summed E-state index contributed by atoms with van der Waals surface area (Å²) in [4.78, 5) is 12.9. The lowest BCUT2D eigenvalue weighted by atomic mass is 10.1. The van der Waals surface area contributed by atoms with Crippen molar-refractivity contribution in [3.63, 3.8) is 0 Å². The maximum atomic E-state index is 12.9. The monoisotopic (exact) mass is 640 g/mol. The zero-order valence-corrected chi connectivity index (χ0v) is 25.3. The number of hydrogen-bond donors (Lipinski definition) is 1. The van der Waals surface area contributed by atoms with Crippen molar-refractivity contribution in [2.45, 2.75) is 20.1 Å². The number of nitrogens with zero attached hydrogens (tertiary/aromatic N) is 1. The quantitative estimate of drug-likeness (QED) is 0.130. The van der Waals surface area contributed by atoms with Gasteiger partial charge in [0.15, 0.2) is 11.5 Å². The van der Waals surface area contributed by atoms with Crippen molar-refractivity contribution >= 4 is 64.1 Å². The van der Waals surface area contributed by atoms with E-state index in [0.29, 0.717) is 56.8 Å². The van der Waals surface area contributed by atoms with Gasteiger partial charge in [0.05, 0.1) is 21.7 Å². The van der Waals surface area contributed by atoms with Gasteiger partial charge in [-0.25, -0.2) is 0 Å². The highest BCUT2D eigenvalue weighted by Gasteiger charge is 2.15. The number of nitrogens with one attached hydrogen (secondary N) is 1. The van der Waals surface area contributed by atoms with Gasteiger partial charge in [-0.3, -0.25) is 4.79 Å². The molecular weight excluding hydrogens is 618 g/mol. The summed E-state index contributed by atoms with van der Waals surface area (Å²) in [6.45, 7) is 2.71. The Morgan fingerprint density at radius 1 is 0.810 bits per heavy atom. The zero-order valence-electron chi connectivity index (χ0n) is 22.3. The molecule has 0 saturated carbocycles. The van der Waals surface area contributed by atoms with E-state index in [9.17, 15) is 10.1 Å². The van der Waals surface area contributed by atoms with Gasteiger partial charge in [-0.15, -0.1) is 0 Å². The van der Waals surface area contributed by atoms with Gasteiger partial charge in [0.25, 0.3) is 5.91 Å². The van der Waals surface area contributed by atoms with E-state index >= 15 is 0 Å². The van der Waals surface area contributed by atoms with Crippen LogP contribution in [0.3, 0.4) is 0 Å². The number of nitriles is 1. The van der Waals surface area contributed by atoms with Gasteiger partial charge >= 0.3 is 0 Å². The molecule has 4 rings (SSSR count). The Hall–Kier alpha value is -3.86. The van der Waals surface area contributed by atoms with E-state index in [-0.39, 0.29) is 17.2 Å². The molecule has 0 aliphatic carbocycles. The van der Waals surface area contributed by atoms with Crippen molar-refractivity contribution < 1.29 is 19.0 Å². The Morgan fingerprint density at radius 2 is 1.50 bits per heavy atom. The summed E-state index contributed by atoms with van der Waals surface area (Å²) in [5, 5.41) is 14.2. The van der Waals surface area contributed by atoms with E-state index in [0.717, 1.165) is 11.1 Å². The third kappa shape index (κ3) is 8.58. The van der Waals surface area contributed by atoms with Crippen LogP contribution in [-0.4, -0.2) is 12.5 Å². The Morgan fingerprint density at radius 3 is 2.17 bits per heavy atom. The summed E-state index contributed by atoms with van der Waals surface area (Å²) in [6, 6.07) is 24.6. The highest BCUT2D eigenvalue weighted by Crippen LogP contribution is 2.38. The topological polar surface area (TPSA) is 80.6 Å². The SMILES string of the molecule is CCOc1cc(/C=C(\C#N)C(=O)Nc2ccc(OCc3ccc(Cl)cc3)cc2)cc(Cl)c1OCc1ccc(Cl)c(Cl)c1. The summed E-state index contributed by atoms with van der Waals surface area (Å²) < 4.78 is 17.4. The fraction of sp³-hybridized carbons (Fsp3) is 0.125. The number of ether oxygens (including phenoxy) is 3. The van der Waals surface area contributed by atoms with Crippen molar-refractivity contribution in [1.29, 1.82) is 5.26 Å². The molecule has 0 aliphatic heterocycles. The highest BCUT2D eigenvalue weighted by molar-refractivity contribution is 6.42. The molecule has 0 radical (unpaired) electrons. The van der Waals surface area contributed by atoms with E-state index < -0.39 is 5.91 Å². The molecule has 4 aromatic rings. The molecule has 0 aliphatic rings. The largest absolute Gasteiger partial charge is 0.490 e. The minimum atomic E-state index is -0.582. The Labute approximate surface area is 263 Å². The lowest BCUT2D eigenvalue weighted by molar-refractivity contribution is -0.112. The van der Waals surface area contributed by atoms with E-state index in [1.165, 1.54) is 6.08 Å². The maximum Gasteiger partial charge on any atom is 0.266 e. The van der Waals surface area contributed by atoms with Crippen molar-refractivity contribution in [1.82, 2.24) is 0 Å². The number of halogens is 4. The van der Waals surface area contributed by atoms with Gasteiger partial charge in [-0.1, -0.05) is 64.6 Å². The second-order valence-electron chi connectivity index (χ2n) is 8.86. The van der Waals surface area contributed by atoms with Crippen LogP contribution >= 0.6 is 46.4 Å². The van der Waals surface area contributed by atoms with Crippen molar-refractivity contribution in [2.75, 3.05) is 11.9 Å². The van der Waals surface area contributed by atoms with Crippen LogP contribution in [0.1, 0.15) is 23.6 Å². The first-order valence-electron chi connectivity index (χ1n) is 12.7. The fourth-order valence-electron chi connectivity index (χ4n) is 3.75. The molecular formula is C32H24Cl4N2O4. The van der Waals surface area contributed by atoms with Crippen LogP contribution in [0, 0.1) is 11.3 Å². The lowest BCUT2D eigenvalue weighted by Gasteiger charge is -2.15. The molecule has 6 nitrogen and oxygen atoms in total. The van der Waals surface area contributed by atoms with Crippen LogP contribution in [0.15, 0.2) is 84.4 Å². The van der Waals surface area contributed by atoms with Gasteiger partial charge < -0.3 is 19.5 Å². The normalized spacial score (nSPS) is 11.0. The van der Waals surface area contributed by atoms with Crippen LogP contribution in [0.5, 0.6) is 17.2 Å². The number of hydrogen-bond acceptors (Lipinski definition) is 5. The van der Waals surface area contributed by atoms with Gasteiger partial charge in [-0.05, 0) is 90.4 Å². The molecule has 4 aromatic carbocycles. The molecule has 214 valence electrons. The highest BCUT2D eigenvalue weighted by atomic mass is 35.5. The van der Waals surface area contributed by atoms with Gasteiger partial charge in [-0.2, -0.15) is 5.26 Å². The smallest absolute Gasteiger partial charge is 0.266 e. The van der Waals surface area contributed by atoms with Crippen LogP contribution in [0.2, 0.25) is 20.1 Å². The molecule has 1 N–H and O–H groups in total. The Balaban J connectivity index is 1.44. The van der Waals surface area contributed by atoms with Crippen LogP contribution in [0.25, 0.3) is 6.08 Å². The summed E-state index contributed by atoms with van der Waals surface area (Å²) in [5.41, 5.74) is 2.62. The summed E-state index contributed by atoms with van der Waals surface area (Å²) >= 11 is 24.5. The Bertz CT molecular complexity index is 1630. The van der Waals surface area contributed by atoms with Gasteiger partial charge in [0.2, 0.25) is 0 Å². The van der Waals surface area contributed by atoms with Crippen molar-refractivity contribution in [3.8, 4) is 23.3 Å². The first-order valence-corrected chi connectivity index (χ1v) is 14.2. The second-order valence-corrected chi connectivity index (χ2v) is 10.5. The van der Waals surface area contributed by atoms with Crippen molar-refractivity contribution in [2.24, 2.45) is 0 Å². The minimum absolute atomic E-state index is 0.124. The molecule has 0 spiro atoms. The molecule has 10 heteroatoms. The van der Waals surface area contributed by atoms with Crippen molar-refractivity contribution in [3.05, 3.63) is 121 Å². The molecule has 0 aromatic heterocycles. The van der Waals surface area contributed by atoms with Crippen LogP contribution < -0.4 is 19.5 Å². The Kier molecular flexibility index (Phi) is 11.0. The standard InChI is InChI=1S/C32H24Cl4N2O4/c1-2-40-30-16-22(15-29(36)31(30)42-19-21-5-12-27(34)28(35)14-21)13-23(17-37)32(39)38-25-8-10-26(11-9-25)41-18-20-3-6-24(33)7-4-20/h3-16H,2,18-19H2,1H3,(H,38,39)/b23-13+. The molecule has 0 fully saturated rings. The third-order valence-corrected chi connectivity index (χ3v) is 7.08. The average molecular weight is 642 g/mol. The fourth-order valence-corrected chi connectivity index (χ4v) is 4.48. The van der Waals surface area contributed by atoms with Crippen LogP contribution in [0.4, 0.5) is 5.69 Å². The number of carbonyl (C=O) groups excluding carboxylic acids is 1. The minimum Gasteiger partial charge on any atom is -0.490 e. The maximum absolute atomic E-state index is 12.9. The second kappa shape index (κ2) is 14.9. The molecule has 0 unspecified atom stereocenters. The molecule has 0 heterocycles. The number of rotatable bonds is 11. The predicted octanol–water partition coefficient (Wildman–Crippen LogP) is 9.40. The molecule has 42 heavy (non-hydrogen) atoms. The molecule has 0 atom stereocenters. The number of benzene rings is 4. The molecule has 1 amide bonds. The third-order valence-electron chi connectivity index (χ3n) is 5.81.